The van der Waals surface area contributed by atoms with Crippen LogP contribution >= 0.6 is 0 Å². The highest BCUT2D eigenvalue weighted by Gasteiger charge is 2.28. The summed E-state index contributed by atoms with van der Waals surface area (Å²) in [6, 6.07) is 14.1. The lowest BCUT2D eigenvalue weighted by Crippen LogP contribution is -2.27. The number of likely N-dealkylation sites (tertiary alicyclic amines) is 1. The van der Waals surface area contributed by atoms with Crippen LogP contribution in [0, 0.1) is 5.82 Å². The maximum Gasteiger partial charge on any atom is 0.246 e. The summed E-state index contributed by atoms with van der Waals surface area (Å²) in [4.78, 5) is 18.1. The second kappa shape index (κ2) is 8.97. The van der Waals surface area contributed by atoms with Gasteiger partial charge in [0.1, 0.15) is 11.4 Å². The Morgan fingerprint density at radius 2 is 1.97 bits per heavy atom. The summed E-state index contributed by atoms with van der Waals surface area (Å²) in [7, 11) is 1.41. The molecule has 1 saturated heterocycles. The molecule has 1 amide bonds. The summed E-state index contributed by atoms with van der Waals surface area (Å²) >= 11 is 0. The quantitative estimate of drug-likeness (QED) is 0.381. The molecule has 0 spiro atoms. The van der Waals surface area contributed by atoms with Crippen molar-refractivity contribution in [1.29, 1.82) is 0 Å². The van der Waals surface area contributed by atoms with Crippen LogP contribution in [-0.4, -0.2) is 45.8 Å². The highest BCUT2D eigenvalue weighted by Crippen LogP contribution is 2.34. The molecule has 4 aromatic rings. The number of ether oxygens (including phenoxy) is 2. The average Bonchev–Trinajstić information content (AvgIpc) is 3.51. The third kappa shape index (κ3) is 3.87. The van der Waals surface area contributed by atoms with Gasteiger partial charge in [0.25, 0.3) is 0 Å². The molecule has 5 rings (SSSR count). The smallest absolute Gasteiger partial charge is 0.246 e. The van der Waals surface area contributed by atoms with Crippen molar-refractivity contribution in [1.82, 2.24) is 19.7 Å². The van der Waals surface area contributed by atoms with Crippen LogP contribution < -0.4 is 9.47 Å². The number of benzene rings is 2. The molecule has 1 aliphatic rings. The molecule has 1 atom stereocenters. The van der Waals surface area contributed by atoms with Crippen LogP contribution in [0.4, 0.5) is 4.39 Å². The van der Waals surface area contributed by atoms with E-state index in [0.29, 0.717) is 18.8 Å². The van der Waals surface area contributed by atoms with Crippen molar-refractivity contribution < 1.29 is 18.7 Å². The number of aromatic nitrogens is 3. The minimum Gasteiger partial charge on any atom is -0.494 e. The Labute approximate surface area is 196 Å². The lowest BCUT2D eigenvalue weighted by molar-refractivity contribution is -0.125. The van der Waals surface area contributed by atoms with Gasteiger partial charge in [-0.15, -0.1) is 0 Å². The van der Waals surface area contributed by atoms with Crippen LogP contribution in [0.25, 0.3) is 22.2 Å². The number of pyridine rings is 1. The number of fused-ring (bicyclic) bond motifs is 1. The molecule has 0 N–H and O–H groups in total. The molecule has 7 nitrogen and oxygen atoms in total. The zero-order chi connectivity index (χ0) is 23.7. The Balaban J connectivity index is 1.44. The van der Waals surface area contributed by atoms with Gasteiger partial charge in [0.2, 0.25) is 11.7 Å². The molecule has 0 bridgehead atoms. The number of hydrogen-bond donors (Lipinski definition) is 0. The van der Waals surface area contributed by atoms with E-state index in [1.54, 1.807) is 47.6 Å². The molecule has 172 valence electrons. The molecule has 3 heterocycles. The number of hydrogen-bond acceptors (Lipinski definition) is 5. The zero-order valence-corrected chi connectivity index (χ0v) is 18.6. The summed E-state index contributed by atoms with van der Waals surface area (Å²) < 4.78 is 27.1. The maximum atomic E-state index is 14.4. The molecular formula is C26H23FN4O3. The molecule has 0 unspecified atom stereocenters. The van der Waals surface area contributed by atoms with E-state index in [9.17, 15) is 9.18 Å². The Hall–Kier alpha value is -4.20. The van der Waals surface area contributed by atoms with E-state index in [1.807, 2.05) is 22.9 Å². The van der Waals surface area contributed by atoms with Gasteiger partial charge in [-0.25, -0.2) is 0 Å². The first-order chi connectivity index (χ1) is 16.6. The largest absolute Gasteiger partial charge is 0.494 e. The van der Waals surface area contributed by atoms with Gasteiger partial charge in [-0.2, -0.15) is 9.49 Å². The Kier molecular flexibility index (Phi) is 5.71. The summed E-state index contributed by atoms with van der Waals surface area (Å²) in [5.74, 6) is 0.0932. The standard InChI is InChI=1S/C26H23FN4O3/c1-3-24(32)30-14-12-18(16-30)31-21-15-28-13-11-20(21)26(29-31)17-7-9-19(10-8-17)34-23-6-4-5-22(33-2)25(23)27/h3-11,13,15,18H,1,12,14,16H2,2H3/t18-/m1/s1. The molecule has 8 heteroatoms. The monoisotopic (exact) mass is 458 g/mol. The van der Waals surface area contributed by atoms with Crippen LogP contribution in [0.5, 0.6) is 17.2 Å². The Bertz CT molecular complexity index is 1370. The SMILES string of the molecule is C=CC(=O)N1CC[C@@H](n2nc(-c3ccc(Oc4cccc(OC)c4F)cc3)c3ccncc32)C1. The molecule has 2 aromatic carbocycles. The van der Waals surface area contributed by atoms with E-state index in [2.05, 4.69) is 11.6 Å². The molecule has 0 radical (unpaired) electrons. The number of nitrogens with zero attached hydrogens (tertiary/aromatic N) is 4. The van der Waals surface area contributed by atoms with Crippen LogP contribution in [0.2, 0.25) is 0 Å². The third-order valence-electron chi connectivity index (χ3n) is 6.01. The predicted octanol–water partition coefficient (Wildman–Crippen LogP) is 5.00. The molecule has 0 saturated carbocycles. The number of carbonyl (C=O) groups excluding carboxylic acids is 1. The first-order valence-corrected chi connectivity index (χ1v) is 10.9. The minimum atomic E-state index is -0.549. The fourth-order valence-corrected chi connectivity index (χ4v) is 4.28. The van der Waals surface area contributed by atoms with Crippen molar-refractivity contribution in [3.05, 3.63) is 79.4 Å². The van der Waals surface area contributed by atoms with Crippen molar-refractivity contribution in [3.8, 4) is 28.5 Å². The van der Waals surface area contributed by atoms with Crippen LogP contribution in [-0.2, 0) is 4.79 Å². The van der Waals surface area contributed by atoms with Crippen LogP contribution in [0.15, 0.2) is 73.6 Å². The van der Waals surface area contributed by atoms with E-state index in [0.717, 1.165) is 28.6 Å². The molecule has 0 aliphatic carbocycles. The second-order valence-electron chi connectivity index (χ2n) is 8.02. The van der Waals surface area contributed by atoms with E-state index >= 15 is 0 Å². The van der Waals surface area contributed by atoms with Gasteiger partial charge in [-0.3, -0.25) is 14.5 Å². The van der Waals surface area contributed by atoms with Gasteiger partial charge in [-0.05, 0) is 55.0 Å². The van der Waals surface area contributed by atoms with Crippen molar-refractivity contribution in [2.75, 3.05) is 20.2 Å². The van der Waals surface area contributed by atoms with E-state index in [-0.39, 0.29) is 23.4 Å². The Morgan fingerprint density at radius 1 is 1.18 bits per heavy atom. The van der Waals surface area contributed by atoms with Gasteiger partial charge >= 0.3 is 0 Å². The lowest BCUT2D eigenvalue weighted by atomic mass is 10.1. The first-order valence-electron chi connectivity index (χ1n) is 10.9. The number of carbonyl (C=O) groups is 1. The van der Waals surface area contributed by atoms with Gasteiger partial charge < -0.3 is 14.4 Å². The lowest BCUT2D eigenvalue weighted by Gasteiger charge is -2.15. The average molecular weight is 458 g/mol. The van der Waals surface area contributed by atoms with Gasteiger partial charge in [0.15, 0.2) is 11.5 Å². The van der Waals surface area contributed by atoms with Crippen molar-refractivity contribution >= 4 is 16.8 Å². The minimum absolute atomic E-state index is 0.0583. The highest BCUT2D eigenvalue weighted by atomic mass is 19.1. The Morgan fingerprint density at radius 3 is 2.74 bits per heavy atom. The number of halogens is 1. The molecule has 1 fully saturated rings. The first kappa shape index (κ1) is 21.6. The third-order valence-corrected chi connectivity index (χ3v) is 6.01. The van der Waals surface area contributed by atoms with E-state index in [1.165, 1.54) is 13.2 Å². The molecular weight excluding hydrogens is 435 g/mol. The number of methoxy groups -OCH3 is 1. The summed E-state index contributed by atoms with van der Waals surface area (Å²) in [5, 5.41) is 5.88. The fourth-order valence-electron chi connectivity index (χ4n) is 4.28. The molecule has 34 heavy (non-hydrogen) atoms. The van der Waals surface area contributed by atoms with Gasteiger partial charge in [0.05, 0.1) is 24.9 Å². The summed E-state index contributed by atoms with van der Waals surface area (Å²) in [5.41, 5.74) is 2.62. The normalized spacial score (nSPS) is 15.5. The van der Waals surface area contributed by atoms with Crippen LogP contribution in [0.3, 0.4) is 0 Å². The maximum absolute atomic E-state index is 14.4. The van der Waals surface area contributed by atoms with Crippen molar-refractivity contribution in [2.45, 2.75) is 12.5 Å². The topological polar surface area (TPSA) is 69.5 Å². The summed E-state index contributed by atoms with van der Waals surface area (Å²) in [6.45, 7) is 4.83. The van der Waals surface area contributed by atoms with Gasteiger partial charge in [-0.1, -0.05) is 12.6 Å². The highest BCUT2D eigenvalue weighted by molar-refractivity contribution is 5.93. The van der Waals surface area contributed by atoms with E-state index < -0.39 is 5.82 Å². The van der Waals surface area contributed by atoms with Gasteiger partial charge in [0, 0.05) is 30.2 Å². The number of rotatable bonds is 6. The van der Waals surface area contributed by atoms with E-state index in [4.69, 9.17) is 14.6 Å². The zero-order valence-electron chi connectivity index (χ0n) is 18.6. The van der Waals surface area contributed by atoms with Crippen LogP contribution in [0.1, 0.15) is 12.5 Å². The second-order valence-corrected chi connectivity index (χ2v) is 8.02. The predicted molar refractivity (Wildman–Crippen MR) is 126 cm³/mol. The van der Waals surface area contributed by atoms with Crippen molar-refractivity contribution in [3.63, 3.8) is 0 Å². The van der Waals surface area contributed by atoms with Crippen molar-refractivity contribution in [2.24, 2.45) is 0 Å². The molecule has 1 aliphatic heterocycles. The fraction of sp³-hybridized carbons (Fsp3) is 0.192. The molecule has 2 aromatic heterocycles. The summed E-state index contributed by atoms with van der Waals surface area (Å²) in [6.07, 6.45) is 5.69. The number of amides is 1.